The summed E-state index contributed by atoms with van der Waals surface area (Å²) in [7, 11) is 2.92. The zero-order chi connectivity index (χ0) is 23.0. The quantitative estimate of drug-likeness (QED) is 0.302. The maximum atomic E-state index is 12.5. The fraction of sp³-hybridized carbons (Fsp3) is 0.364. The minimum absolute atomic E-state index is 0.0924. The van der Waals surface area contributed by atoms with Crippen LogP contribution in [-0.2, 0) is 20.8 Å². The van der Waals surface area contributed by atoms with Crippen molar-refractivity contribution < 1.29 is 37.3 Å². The van der Waals surface area contributed by atoms with E-state index in [0.29, 0.717) is 24.3 Å². The number of methoxy groups -OCH3 is 2. The topological polar surface area (TPSA) is 76.0 Å². The van der Waals surface area contributed by atoms with Crippen molar-refractivity contribution in [3.05, 3.63) is 52.9 Å². The van der Waals surface area contributed by atoms with Crippen LogP contribution in [-0.4, -0.2) is 50.4 Å². The zero-order valence-corrected chi connectivity index (χ0v) is 17.8. The van der Waals surface area contributed by atoms with Gasteiger partial charge in [0.05, 0.1) is 13.7 Å². The van der Waals surface area contributed by atoms with Gasteiger partial charge < -0.3 is 23.5 Å². The highest BCUT2D eigenvalue weighted by atomic mass is 19.3. The van der Waals surface area contributed by atoms with Crippen molar-refractivity contribution in [2.75, 3.05) is 27.4 Å². The number of esters is 1. The number of ether oxygens (including phenoxy) is 4. The van der Waals surface area contributed by atoms with E-state index in [1.165, 1.54) is 31.4 Å². The summed E-state index contributed by atoms with van der Waals surface area (Å²) in [5, 5.41) is 0. The predicted molar refractivity (Wildman–Crippen MR) is 110 cm³/mol. The lowest BCUT2D eigenvalue weighted by Gasteiger charge is -2.10. The highest BCUT2D eigenvalue weighted by Gasteiger charge is 2.17. The van der Waals surface area contributed by atoms with Crippen LogP contribution in [0.5, 0.6) is 11.5 Å². The summed E-state index contributed by atoms with van der Waals surface area (Å²) < 4.78 is 46.2. The number of carbonyl (C=O) groups excluding carboxylic acids is 2. The van der Waals surface area contributed by atoms with Gasteiger partial charge in [-0.2, -0.15) is 8.78 Å². The van der Waals surface area contributed by atoms with Gasteiger partial charge >= 0.3 is 12.6 Å². The Morgan fingerprint density at radius 3 is 2.52 bits per heavy atom. The lowest BCUT2D eigenvalue weighted by molar-refractivity contribution is -0.136. The molecule has 0 N–H and O–H groups in total. The van der Waals surface area contributed by atoms with Crippen LogP contribution in [0.25, 0.3) is 6.08 Å². The van der Waals surface area contributed by atoms with Gasteiger partial charge in [0.2, 0.25) is 5.78 Å². The molecule has 168 valence electrons. The predicted octanol–water partition coefficient (Wildman–Crippen LogP) is 3.80. The zero-order valence-electron chi connectivity index (χ0n) is 17.8. The van der Waals surface area contributed by atoms with Crippen LogP contribution < -0.4 is 9.47 Å². The van der Waals surface area contributed by atoms with Crippen molar-refractivity contribution >= 4 is 17.8 Å². The molecule has 7 nitrogen and oxygen atoms in total. The number of carbonyl (C=O) groups is 2. The molecule has 0 aliphatic carbocycles. The van der Waals surface area contributed by atoms with Crippen LogP contribution >= 0.6 is 0 Å². The van der Waals surface area contributed by atoms with Gasteiger partial charge in [0.25, 0.3) is 0 Å². The highest BCUT2D eigenvalue weighted by Crippen LogP contribution is 2.29. The van der Waals surface area contributed by atoms with Gasteiger partial charge in [-0.25, -0.2) is 4.79 Å². The van der Waals surface area contributed by atoms with Crippen molar-refractivity contribution in [1.82, 2.24) is 4.57 Å². The molecule has 0 amide bonds. The van der Waals surface area contributed by atoms with Crippen molar-refractivity contribution in [3.63, 3.8) is 0 Å². The molecular weight excluding hydrogens is 412 g/mol. The Hall–Kier alpha value is -3.20. The highest BCUT2D eigenvalue weighted by molar-refractivity contribution is 6.00. The normalized spacial score (nSPS) is 11.2. The van der Waals surface area contributed by atoms with Gasteiger partial charge in [0, 0.05) is 36.7 Å². The van der Waals surface area contributed by atoms with Crippen molar-refractivity contribution in [2.24, 2.45) is 0 Å². The third-order valence-corrected chi connectivity index (χ3v) is 4.55. The minimum Gasteiger partial charge on any atom is -0.493 e. The van der Waals surface area contributed by atoms with Gasteiger partial charge in [0.1, 0.15) is 0 Å². The smallest absolute Gasteiger partial charge is 0.387 e. The molecule has 1 aromatic carbocycles. The third kappa shape index (κ3) is 6.65. The van der Waals surface area contributed by atoms with E-state index >= 15 is 0 Å². The number of nitrogens with zero attached hydrogens (tertiary/aromatic N) is 1. The average Bonchev–Trinajstić information content (AvgIpc) is 3.02. The van der Waals surface area contributed by atoms with Gasteiger partial charge in [-0.3, -0.25) is 4.79 Å². The first-order valence-corrected chi connectivity index (χ1v) is 9.43. The van der Waals surface area contributed by atoms with Crippen LogP contribution in [0.4, 0.5) is 8.78 Å². The number of rotatable bonds is 11. The third-order valence-electron chi connectivity index (χ3n) is 4.55. The fourth-order valence-corrected chi connectivity index (χ4v) is 3.02. The molecule has 2 rings (SSSR count). The molecule has 0 saturated heterocycles. The molecule has 0 aliphatic rings. The Labute approximate surface area is 179 Å². The summed E-state index contributed by atoms with van der Waals surface area (Å²) in [5.41, 5.74) is 2.69. The molecule has 0 unspecified atom stereocenters. The standard InChI is InChI=1S/C22H25F2NO6/c1-14-11-17(15(2)25(14)9-10-28-3)18(26)13-30-21(27)8-6-16-5-7-19(31-22(23)24)20(12-16)29-4/h5-8,11-12,22H,9-10,13H2,1-4H3. The Kier molecular flexibility index (Phi) is 8.75. The molecule has 0 radical (unpaired) electrons. The number of hydrogen-bond donors (Lipinski definition) is 0. The van der Waals surface area contributed by atoms with E-state index < -0.39 is 19.2 Å². The van der Waals surface area contributed by atoms with E-state index in [9.17, 15) is 18.4 Å². The van der Waals surface area contributed by atoms with Crippen LogP contribution in [0.1, 0.15) is 27.3 Å². The van der Waals surface area contributed by atoms with Gasteiger partial charge in [-0.1, -0.05) is 6.07 Å². The van der Waals surface area contributed by atoms with Crippen LogP contribution in [0.2, 0.25) is 0 Å². The molecule has 0 spiro atoms. The number of ketones is 1. The summed E-state index contributed by atoms with van der Waals surface area (Å²) in [6.07, 6.45) is 2.55. The Morgan fingerprint density at radius 1 is 1.13 bits per heavy atom. The second-order valence-corrected chi connectivity index (χ2v) is 6.58. The number of halogens is 2. The average molecular weight is 437 g/mol. The first kappa shape index (κ1) is 24.1. The maximum Gasteiger partial charge on any atom is 0.387 e. The second-order valence-electron chi connectivity index (χ2n) is 6.58. The van der Waals surface area contributed by atoms with Gasteiger partial charge in [-0.05, 0) is 43.7 Å². The molecular formula is C22H25F2NO6. The molecule has 0 atom stereocenters. The lowest BCUT2D eigenvalue weighted by Crippen LogP contribution is -2.14. The molecule has 0 saturated carbocycles. The number of hydrogen-bond acceptors (Lipinski definition) is 6. The van der Waals surface area contributed by atoms with E-state index in [0.717, 1.165) is 17.5 Å². The number of alkyl halides is 2. The van der Waals surface area contributed by atoms with Crippen LogP contribution in [0.3, 0.4) is 0 Å². The number of aryl methyl sites for hydroxylation is 1. The van der Waals surface area contributed by atoms with E-state index in [-0.39, 0.29) is 17.3 Å². The first-order valence-electron chi connectivity index (χ1n) is 9.43. The summed E-state index contributed by atoms with van der Waals surface area (Å²) in [6, 6.07) is 5.97. The lowest BCUT2D eigenvalue weighted by atomic mass is 10.1. The SMILES string of the molecule is COCCn1c(C)cc(C(=O)COC(=O)C=Cc2ccc(OC(F)F)c(OC)c2)c1C. The van der Waals surface area contributed by atoms with Crippen LogP contribution in [0.15, 0.2) is 30.3 Å². The first-order chi connectivity index (χ1) is 14.8. The monoisotopic (exact) mass is 437 g/mol. The summed E-state index contributed by atoms with van der Waals surface area (Å²) in [4.78, 5) is 24.4. The Morgan fingerprint density at radius 2 is 1.87 bits per heavy atom. The fourth-order valence-electron chi connectivity index (χ4n) is 3.02. The molecule has 31 heavy (non-hydrogen) atoms. The van der Waals surface area contributed by atoms with Crippen molar-refractivity contribution in [3.8, 4) is 11.5 Å². The summed E-state index contributed by atoms with van der Waals surface area (Å²) >= 11 is 0. The maximum absolute atomic E-state index is 12.5. The molecule has 0 fully saturated rings. The van der Waals surface area contributed by atoms with E-state index in [4.69, 9.17) is 14.2 Å². The largest absolute Gasteiger partial charge is 0.493 e. The molecule has 0 aliphatic heterocycles. The van der Waals surface area contributed by atoms with Gasteiger partial charge in [0.15, 0.2) is 18.1 Å². The summed E-state index contributed by atoms with van der Waals surface area (Å²) in [5.74, 6) is -1.05. The van der Waals surface area contributed by atoms with Crippen LogP contribution in [0, 0.1) is 13.8 Å². The minimum atomic E-state index is -2.98. The van der Waals surface area contributed by atoms with Crippen molar-refractivity contribution in [2.45, 2.75) is 27.0 Å². The Bertz CT molecular complexity index is 952. The van der Waals surface area contributed by atoms with E-state index in [1.54, 1.807) is 13.2 Å². The van der Waals surface area contributed by atoms with E-state index in [2.05, 4.69) is 4.74 Å². The molecule has 2 aromatic rings. The molecule has 0 bridgehead atoms. The number of Topliss-reactive ketones (excluding diaryl/α,β-unsaturated/α-hetero) is 1. The second kappa shape index (κ2) is 11.3. The molecule has 1 heterocycles. The summed E-state index contributed by atoms with van der Waals surface area (Å²) in [6.45, 7) is 1.47. The van der Waals surface area contributed by atoms with E-state index in [1.807, 2.05) is 18.4 Å². The number of benzene rings is 1. The van der Waals surface area contributed by atoms with Crippen molar-refractivity contribution in [1.29, 1.82) is 0 Å². The van der Waals surface area contributed by atoms with Gasteiger partial charge in [-0.15, -0.1) is 0 Å². The molecule has 9 heteroatoms. The Balaban J connectivity index is 1.97. The number of aromatic nitrogens is 1. The molecule has 1 aromatic heterocycles.